The summed E-state index contributed by atoms with van der Waals surface area (Å²) in [6.07, 6.45) is 3.46. The molecule has 2 N–H and O–H groups in total. The van der Waals surface area contributed by atoms with Gasteiger partial charge < -0.3 is 15.2 Å². The molecule has 0 saturated carbocycles. The minimum absolute atomic E-state index is 0.176. The number of hydrogen-bond donors (Lipinski definition) is 1. The normalized spacial score (nSPS) is 10.8. The molecule has 0 amide bonds. The molecular formula is C21H17N3O3S. The Hall–Kier alpha value is -3.45. The lowest BCUT2D eigenvalue weighted by Gasteiger charge is -2.08. The first-order chi connectivity index (χ1) is 13.6. The minimum Gasteiger partial charge on any atom is -0.493 e. The van der Waals surface area contributed by atoms with Gasteiger partial charge in [0.1, 0.15) is 9.71 Å². The fourth-order valence-electron chi connectivity index (χ4n) is 2.95. The van der Waals surface area contributed by atoms with E-state index >= 15 is 0 Å². The number of fused-ring (bicyclic) bond motifs is 1. The van der Waals surface area contributed by atoms with Crippen LogP contribution >= 0.6 is 11.3 Å². The number of methoxy groups -OCH3 is 2. The van der Waals surface area contributed by atoms with Gasteiger partial charge in [-0.05, 0) is 42.5 Å². The van der Waals surface area contributed by atoms with Crippen molar-refractivity contribution in [1.29, 1.82) is 0 Å². The Labute approximate surface area is 165 Å². The first-order valence-corrected chi connectivity index (χ1v) is 9.30. The average molecular weight is 391 g/mol. The van der Waals surface area contributed by atoms with Crippen LogP contribution in [0.15, 0.2) is 54.9 Å². The van der Waals surface area contributed by atoms with Gasteiger partial charge >= 0.3 is 0 Å². The standard InChI is InChI=1S/C21H17N3O3S/c1-26-16-8-5-12(10-17(16)27-2)19(25)20-18(22)14-6-7-15(24-21(14)28-20)13-4-3-9-23-11-13/h3-11H,22H2,1-2H3. The van der Waals surface area contributed by atoms with Gasteiger partial charge in [0.25, 0.3) is 0 Å². The van der Waals surface area contributed by atoms with Gasteiger partial charge in [-0.15, -0.1) is 11.3 Å². The van der Waals surface area contributed by atoms with Crippen LogP contribution in [0.4, 0.5) is 5.69 Å². The Morgan fingerprint density at radius 2 is 1.89 bits per heavy atom. The molecule has 4 rings (SSSR count). The zero-order valence-corrected chi connectivity index (χ0v) is 16.1. The Kier molecular flexibility index (Phi) is 4.67. The number of thiophene rings is 1. The van der Waals surface area contributed by atoms with E-state index in [9.17, 15) is 4.79 Å². The van der Waals surface area contributed by atoms with E-state index in [0.29, 0.717) is 32.5 Å². The zero-order valence-electron chi connectivity index (χ0n) is 15.3. The number of ketones is 1. The number of pyridine rings is 2. The predicted octanol–water partition coefficient (Wildman–Crippen LogP) is 4.19. The van der Waals surface area contributed by atoms with Gasteiger partial charge in [-0.3, -0.25) is 9.78 Å². The molecule has 0 unspecified atom stereocenters. The van der Waals surface area contributed by atoms with Crippen LogP contribution in [0.3, 0.4) is 0 Å². The summed E-state index contributed by atoms with van der Waals surface area (Å²) in [5, 5.41) is 0.765. The van der Waals surface area contributed by atoms with Crippen LogP contribution in [0.5, 0.6) is 11.5 Å². The number of carbonyl (C=O) groups is 1. The lowest BCUT2D eigenvalue weighted by atomic mass is 10.1. The van der Waals surface area contributed by atoms with E-state index in [0.717, 1.165) is 16.6 Å². The lowest BCUT2D eigenvalue weighted by molar-refractivity contribution is 0.104. The zero-order chi connectivity index (χ0) is 19.7. The average Bonchev–Trinajstić information content (AvgIpc) is 3.09. The Morgan fingerprint density at radius 3 is 2.61 bits per heavy atom. The number of nitrogens with zero attached hydrogens (tertiary/aromatic N) is 2. The first-order valence-electron chi connectivity index (χ1n) is 8.48. The smallest absolute Gasteiger partial charge is 0.205 e. The second kappa shape index (κ2) is 7.28. The molecule has 0 fully saturated rings. The van der Waals surface area contributed by atoms with Crippen LogP contribution in [0.25, 0.3) is 21.5 Å². The third kappa shape index (κ3) is 3.05. The number of aromatic nitrogens is 2. The number of anilines is 1. The highest BCUT2D eigenvalue weighted by Gasteiger charge is 2.20. The lowest BCUT2D eigenvalue weighted by Crippen LogP contribution is -2.03. The molecule has 0 bridgehead atoms. The van der Waals surface area contributed by atoms with Crippen LogP contribution in [0.2, 0.25) is 0 Å². The summed E-state index contributed by atoms with van der Waals surface area (Å²) in [7, 11) is 3.08. The van der Waals surface area contributed by atoms with Crippen molar-refractivity contribution in [2.24, 2.45) is 0 Å². The van der Waals surface area contributed by atoms with Crippen molar-refractivity contribution in [2.45, 2.75) is 0 Å². The molecule has 0 aliphatic rings. The van der Waals surface area contributed by atoms with Crippen LogP contribution in [-0.2, 0) is 0 Å². The fraction of sp³-hybridized carbons (Fsp3) is 0.0952. The van der Waals surface area contributed by atoms with Crippen molar-refractivity contribution in [3.8, 4) is 22.8 Å². The number of hydrogen-bond acceptors (Lipinski definition) is 7. The maximum absolute atomic E-state index is 13.1. The van der Waals surface area contributed by atoms with Crippen molar-refractivity contribution in [3.63, 3.8) is 0 Å². The first kappa shape index (κ1) is 17.9. The number of benzene rings is 1. The molecule has 0 saturated heterocycles. The Balaban J connectivity index is 1.76. The van der Waals surface area contributed by atoms with E-state index in [1.165, 1.54) is 18.4 Å². The molecule has 3 aromatic heterocycles. The third-order valence-corrected chi connectivity index (χ3v) is 5.52. The largest absolute Gasteiger partial charge is 0.493 e. The molecule has 0 aliphatic heterocycles. The number of ether oxygens (including phenoxy) is 2. The highest BCUT2D eigenvalue weighted by molar-refractivity contribution is 7.21. The highest BCUT2D eigenvalue weighted by atomic mass is 32.1. The molecule has 1 aromatic carbocycles. The number of carbonyl (C=O) groups excluding carboxylic acids is 1. The van der Waals surface area contributed by atoms with Crippen LogP contribution in [0, 0.1) is 0 Å². The minimum atomic E-state index is -0.176. The maximum atomic E-state index is 13.1. The summed E-state index contributed by atoms with van der Waals surface area (Å²) < 4.78 is 10.5. The van der Waals surface area contributed by atoms with Crippen LogP contribution in [-0.4, -0.2) is 30.0 Å². The molecule has 7 heteroatoms. The molecule has 4 aromatic rings. The predicted molar refractivity (Wildman–Crippen MR) is 110 cm³/mol. The van der Waals surface area contributed by atoms with Crippen molar-refractivity contribution >= 4 is 33.0 Å². The molecular weight excluding hydrogens is 374 g/mol. The summed E-state index contributed by atoms with van der Waals surface area (Å²) in [6, 6.07) is 12.6. The SMILES string of the molecule is COc1ccc(C(=O)c2sc3nc(-c4cccnc4)ccc3c2N)cc1OC. The number of nitrogen functional groups attached to an aromatic ring is 1. The molecule has 3 heterocycles. The van der Waals surface area contributed by atoms with Gasteiger partial charge in [0.2, 0.25) is 5.78 Å². The van der Waals surface area contributed by atoms with Gasteiger partial charge in [0.05, 0.1) is 25.6 Å². The van der Waals surface area contributed by atoms with Crippen molar-refractivity contribution in [1.82, 2.24) is 9.97 Å². The quantitative estimate of drug-likeness (QED) is 0.513. The van der Waals surface area contributed by atoms with Gasteiger partial charge in [-0.2, -0.15) is 0 Å². The molecule has 0 atom stereocenters. The number of rotatable bonds is 5. The van der Waals surface area contributed by atoms with Gasteiger partial charge in [0.15, 0.2) is 11.5 Å². The van der Waals surface area contributed by atoms with Crippen molar-refractivity contribution in [3.05, 3.63) is 65.3 Å². The third-order valence-electron chi connectivity index (χ3n) is 4.40. The van der Waals surface area contributed by atoms with Crippen molar-refractivity contribution in [2.75, 3.05) is 20.0 Å². The van der Waals surface area contributed by atoms with E-state index in [1.807, 2.05) is 24.3 Å². The second-order valence-corrected chi connectivity index (χ2v) is 7.03. The van der Waals surface area contributed by atoms with E-state index in [4.69, 9.17) is 15.2 Å². The van der Waals surface area contributed by atoms with E-state index in [2.05, 4.69) is 9.97 Å². The Bertz CT molecular complexity index is 1170. The van der Waals surface area contributed by atoms with Crippen molar-refractivity contribution < 1.29 is 14.3 Å². The molecule has 0 aliphatic carbocycles. The summed E-state index contributed by atoms with van der Waals surface area (Å²) in [5.74, 6) is 0.876. The summed E-state index contributed by atoms with van der Waals surface area (Å²) in [5.41, 5.74) is 8.88. The Morgan fingerprint density at radius 1 is 1.07 bits per heavy atom. The second-order valence-electron chi connectivity index (χ2n) is 6.03. The number of nitrogens with two attached hydrogens (primary N) is 1. The monoisotopic (exact) mass is 391 g/mol. The summed E-state index contributed by atoms with van der Waals surface area (Å²) in [6.45, 7) is 0. The molecule has 0 spiro atoms. The summed E-state index contributed by atoms with van der Waals surface area (Å²) >= 11 is 1.28. The molecule has 28 heavy (non-hydrogen) atoms. The van der Waals surface area contributed by atoms with Crippen LogP contribution in [0.1, 0.15) is 15.2 Å². The van der Waals surface area contributed by atoms with E-state index < -0.39 is 0 Å². The summed E-state index contributed by atoms with van der Waals surface area (Å²) in [4.78, 5) is 23.0. The highest BCUT2D eigenvalue weighted by Crippen LogP contribution is 2.36. The molecule has 0 radical (unpaired) electrons. The maximum Gasteiger partial charge on any atom is 0.205 e. The molecule has 140 valence electrons. The fourth-order valence-corrected chi connectivity index (χ4v) is 4.01. The van der Waals surface area contributed by atoms with Gasteiger partial charge in [-0.1, -0.05) is 0 Å². The van der Waals surface area contributed by atoms with E-state index in [1.54, 1.807) is 37.7 Å². The van der Waals surface area contributed by atoms with E-state index in [-0.39, 0.29) is 5.78 Å². The molecule has 6 nitrogen and oxygen atoms in total. The topological polar surface area (TPSA) is 87.3 Å². The van der Waals surface area contributed by atoms with Crippen LogP contribution < -0.4 is 15.2 Å². The van der Waals surface area contributed by atoms with Gasteiger partial charge in [-0.25, -0.2) is 4.98 Å². The van der Waals surface area contributed by atoms with Gasteiger partial charge in [0, 0.05) is 28.9 Å².